The summed E-state index contributed by atoms with van der Waals surface area (Å²) < 4.78 is 5.24. The van der Waals surface area contributed by atoms with Gasteiger partial charge in [-0.1, -0.05) is 0 Å². The molecule has 1 aromatic carbocycles. The Morgan fingerprint density at radius 1 is 1.24 bits per heavy atom. The number of morpholine rings is 1. The number of benzene rings is 1. The van der Waals surface area contributed by atoms with E-state index < -0.39 is 12.0 Å². The van der Waals surface area contributed by atoms with E-state index in [1.165, 1.54) is 36.2 Å². The SMILES string of the molecule is CNC(=O)C1COCCN1C(=O)c1ccc(C(=O)O)cc1. The molecule has 1 atom stereocenters. The summed E-state index contributed by atoms with van der Waals surface area (Å²) in [6, 6.07) is 4.95. The average molecular weight is 292 g/mol. The number of hydrogen-bond donors (Lipinski definition) is 2. The second-order valence-corrected chi connectivity index (χ2v) is 4.59. The summed E-state index contributed by atoms with van der Waals surface area (Å²) in [7, 11) is 1.50. The second kappa shape index (κ2) is 6.36. The summed E-state index contributed by atoms with van der Waals surface area (Å²) in [6.45, 7) is 0.836. The molecule has 1 aliphatic rings. The molecule has 0 aromatic heterocycles. The van der Waals surface area contributed by atoms with Crippen LogP contribution < -0.4 is 5.32 Å². The topological polar surface area (TPSA) is 95.9 Å². The Labute approximate surface area is 121 Å². The van der Waals surface area contributed by atoms with E-state index in [1.54, 1.807) is 0 Å². The van der Waals surface area contributed by atoms with E-state index in [0.29, 0.717) is 18.7 Å². The number of nitrogens with zero attached hydrogens (tertiary/aromatic N) is 1. The van der Waals surface area contributed by atoms with Crippen molar-refractivity contribution in [2.24, 2.45) is 0 Å². The lowest BCUT2D eigenvalue weighted by Gasteiger charge is -2.34. The maximum atomic E-state index is 12.5. The maximum Gasteiger partial charge on any atom is 0.335 e. The molecular formula is C14H16N2O5. The van der Waals surface area contributed by atoms with Crippen LogP contribution in [0.3, 0.4) is 0 Å². The van der Waals surface area contributed by atoms with Crippen molar-refractivity contribution in [1.29, 1.82) is 0 Å². The number of ether oxygens (including phenoxy) is 1. The van der Waals surface area contributed by atoms with Gasteiger partial charge in [0.05, 0.1) is 18.8 Å². The van der Waals surface area contributed by atoms with Gasteiger partial charge in [-0.05, 0) is 24.3 Å². The summed E-state index contributed by atoms with van der Waals surface area (Å²) in [6.07, 6.45) is 0. The maximum absolute atomic E-state index is 12.5. The monoisotopic (exact) mass is 292 g/mol. The van der Waals surface area contributed by atoms with Crippen molar-refractivity contribution in [3.05, 3.63) is 35.4 Å². The highest BCUT2D eigenvalue weighted by molar-refractivity contribution is 5.98. The first kappa shape index (κ1) is 15.0. The van der Waals surface area contributed by atoms with E-state index in [1.807, 2.05) is 0 Å². The number of carboxylic acid groups (broad SMARTS) is 1. The molecule has 0 saturated carbocycles. The molecule has 2 amide bonds. The molecule has 1 fully saturated rings. The molecule has 0 radical (unpaired) electrons. The number of aromatic carboxylic acids is 1. The third-order valence-electron chi connectivity index (χ3n) is 3.32. The van der Waals surface area contributed by atoms with Gasteiger partial charge in [-0.2, -0.15) is 0 Å². The van der Waals surface area contributed by atoms with Gasteiger partial charge in [0, 0.05) is 19.2 Å². The van der Waals surface area contributed by atoms with Crippen LogP contribution in [0.1, 0.15) is 20.7 Å². The first-order valence-corrected chi connectivity index (χ1v) is 6.48. The number of hydrogen-bond acceptors (Lipinski definition) is 4. The predicted octanol–water partition coefficient (Wildman–Crippen LogP) is -0.0282. The molecule has 1 heterocycles. The molecule has 1 unspecified atom stereocenters. The van der Waals surface area contributed by atoms with E-state index in [0.717, 1.165) is 0 Å². The molecule has 1 aromatic rings. The fourth-order valence-electron chi connectivity index (χ4n) is 2.15. The van der Waals surface area contributed by atoms with Crippen LogP contribution in [0.5, 0.6) is 0 Å². The molecular weight excluding hydrogens is 276 g/mol. The molecule has 1 aliphatic heterocycles. The van der Waals surface area contributed by atoms with Gasteiger partial charge < -0.3 is 20.1 Å². The van der Waals surface area contributed by atoms with Gasteiger partial charge >= 0.3 is 5.97 Å². The molecule has 1 saturated heterocycles. The average Bonchev–Trinajstić information content (AvgIpc) is 2.53. The van der Waals surface area contributed by atoms with Gasteiger partial charge in [0.1, 0.15) is 6.04 Å². The van der Waals surface area contributed by atoms with Gasteiger partial charge in [0.15, 0.2) is 0 Å². The lowest BCUT2D eigenvalue weighted by atomic mass is 10.1. The van der Waals surface area contributed by atoms with Gasteiger partial charge in [-0.25, -0.2) is 4.79 Å². The normalized spacial score (nSPS) is 18.1. The molecule has 0 spiro atoms. The Kier molecular flexibility index (Phi) is 4.54. The van der Waals surface area contributed by atoms with Crippen LogP contribution in [0.25, 0.3) is 0 Å². The predicted molar refractivity (Wildman–Crippen MR) is 73.1 cm³/mol. The second-order valence-electron chi connectivity index (χ2n) is 4.59. The first-order chi connectivity index (χ1) is 10.0. The van der Waals surface area contributed by atoms with Crippen molar-refractivity contribution in [2.45, 2.75) is 6.04 Å². The Morgan fingerprint density at radius 2 is 1.86 bits per heavy atom. The minimum absolute atomic E-state index is 0.108. The summed E-state index contributed by atoms with van der Waals surface area (Å²) >= 11 is 0. The van der Waals surface area contributed by atoms with Crippen LogP contribution in [0, 0.1) is 0 Å². The van der Waals surface area contributed by atoms with Crippen molar-refractivity contribution in [2.75, 3.05) is 26.8 Å². The molecule has 2 N–H and O–H groups in total. The van der Waals surface area contributed by atoms with Crippen LogP contribution in [0.4, 0.5) is 0 Å². The minimum atomic E-state index is -1.05. The minimum Gasteiger partial charge on any atom is -0.478 e. The highest BCUT2D eigenvalue weighted by Crippen LogP contribution is 2.14. The van der Waals surface area contributed by atoms with Crippen LogP contribution in [0.2, 0.25) is 0 Å². The third kappa shape index (κ3) is 3.19. The van der Waals surface area contributed by atoms with E-state index in [2.05, 4.69) is 5.32 Å². The van der Waals surface area contributed by atoms with Crippen molar-refractivity contribution >= 4 is 17.8 Å². The Morgan fingerprint density at radius 3 is 2.43 bits per heavy atom. The van der Waals surface area contributed by atoms with Crippen LogP contribution in [-0.4, -0.2) is 60.6 Å². The number of carbonyl (C=O) groups is 3. The molecule has 7 heteroatoms. The zero-order valence-corrected chi connectivity index (χ0v) is 11.5. The van der Waals surface area contributed by atoms with E-state index in [4.69, 9.17) is 9.84 Å². The fourth-order valence-corrected chi connectivity index (χ4v) is 2.15. The van der Waals surface area contributed by atoms with Crippen molar-refractivity contribution in [1.82, 2.24) is 10.2 Å². The number of rotatable bonds is 3. The molecule has 21 heavy (non-hydrogen) atoms. The smallest absolute Gasteiger partial charge is 0.335 e. The molecule has 2 rings (SSSR count). The number of nitrogens with one attached hydrogen (secondary N) is 1. The van der Waals surface area contributed by atoms with E-state index in [-0.39, 0.29) is 24.0 Å². The first-order valence-electron chi connectivity index (χ1n) is 6.48. The lowest BCUT2D eigenvalue weighted by Crippen LogP contribution is -2.55. The lowest BCUT2D eigenvalue weighted by molar-refractivity contribution is -0.130. The molecule has 7 nitrogen and oxygen atoms in total. The van der Waals surface area contributed by atoms with Gasteiger partial charge in [-0.3, -0.25) is 9.59 Å². The standard InChI is InChI=1S/C14H16N2O5/c1-15-12(17)11-8-21-7-6-16(11)13(18)9-2-4-10(5-3-9)14(19)20/h2-5,11H,6-8H2,1H3,(H,15,17)(H,19,20). The van der Waals surface area contributed by atoms with Crippen LogP contribution in [0.15, 0.2) is 24.3 Å². The summed E-state index contributed by atoms with van der Waals surface area (Å²) in [5, 5.41) is 11.3. The fraction of sp³-hybridized carbons (Fsp3) is 0.357. The van der Waals surface area contributed by atoms with Gasteiger partial charge in [-0.15, -0.1) is 0 Å². The van der Waals surface area contributed by atoms with Gasteiger partial charge in [0.25, 0.3) is 5.91 Å². The van der Waals surface area contributed by atoms with Crippen LogP contribution in [-0.2, 0) is 9.53 Å². The number of amides is 2. The Hall–Kier alpha value is -2.41. The Balaban J connectivity index is 2.20. The number of carboxylic acids is 1. The third-order valence-corrected chi connectivity index (χ3v) is 3.32. The molecule has 112 valence electrons. The molecule has 0 aliphatic carbocycles. The largest absolute Gasteiger partial charge is 0.478 e. The Bertz CT molecular complexity index is 555. The zero-order chi connectivity index (χ0) is 15.4. The van der Waals surface area contributed by atoms with Crippen molar-refractivity contribution < 1.29 is 24.2 Å². The molecule has 0 bridgehead atoms. The van der Waals surface area contributed by atoms with E-state index >= 15 is 0 Å². The van der Waals surface area contributed by atoms with Crippen LogP contribution >= 0.6 is 0 Å². The quantitative estimate of drug-likeness (QED) is 0.815. The highest BCUT2D eigenvalue weighted by atomic mass is 16.5. The number of likely N-dealkylation sites (N-methyl/N-ethyl adjacent to an activating group) is 1. The zero-order valence-electron chi connectivity index (χ0n) is 11.5. The summed E-state index contributed by atoms with van der Waals surface area (Å²) in [4.78, 5) is 36.5. The summed E-state index contributed by atoms with van der Waals surface area (Å²) in [5.74, 6) is -1.65. The van der Waals surface area contributed by atoms with Crippen molar-refractivity contribution in [3.63, 3.8) is 0 Å². The van der Waals surface area contributed by atoms with Crippen molar-refractivity contribution in [3.8, 4) is 0 Å². The highest BCUT2D eigenvalue weighted by Gasteiger charge is 2.32. The number of carbonyl (C=O) groups excluding carboxylic acids is 2. The van der Waals surface area contributed by atoms with Gasteiger partial charge in [0.2, 0.25) is 5.91 Å². The summed E-state index contributed by atoms with van der Waals surface area (Å²) in [5.41, 5.74) is 0.451. The van der Waals surface area contributed by atoms with E-state index in [9.17, 15) is 14.4 Å².